The van der Waals surface area contributed by atoms with Gasteiger partial charge in [0.15, 0.2) is 11.9 Å². The first-order valence-corrected chi connectivity index (χ1v) is 14.1. The van der Waals surface area contributed by atoms with Crippen molar-refractivity contribution in [2.24, 2.45) is 0 Å². The number of ether oxygens (including phenoxy) is 1. The zero-order valence-corrected chi connectivity index (χ0v) is 19.8. The normalized spacial score (nSPS) is 26.8. The minimum absolute atomic E-state index is 0.198. The van der Waals surface area contributed by atoms with Gasteiger partial charge in [-0.25, -0.2) is 18.5 Å². The molecule has 2 aromatic heterocycles. The van der Waals surface area contributed by atoms with Crippen LogP contribution in [0.5, 0.6) is 0 Å². The average Bonchev–Trinajstić information content (AvgIpc) is 3.28. The van der Waals surface area contributed by atoms with Crippen LogP contribution in [0.25, 0.3) is 10.6 Å². The minimum Gasteiger partial charge on any atom is -0.387 e. The number of rotatable bonds is 9. The van der Waals surface area contributed by atoms with Gasteiger partial charge in [-0.1, -0.05) is 6.07 Å². The first-order valence-electron chi connectivity index (χ1n) is 8.65. The number of nitrogens with zero attached hydrogens (tertiary/aromatic N) is 2. The quantitative estimate of drug-likeness (QED) is 0.172. The predicted molar refractivity (Wildman–Crippen MR) is 108 cm³/mol. The van der Waals surface area contributed by atoms with E-state index in [1.54, 1.807) is 11.4 Å². The standard InChI is InChI=1S/C12H16N3O15P3S/c16-8-5(4-27-32(23,24)30-33(25,26)29-31(20,21)22)28-11(9(8)17)15-12(19)13-10(18)7(14-15)6-2-1-3-34-6/h1-3,5,8-9,11,16-17H,4H2,(H,23,24)(H,25,26)(H,13,18,19)(H2,20,21,22)/t5-,8-,9-,11-/m1/s1. The monoisotopic (exact) mass is 567 g/mol. The van der Waals surface area contributed by atoms with Gasteiger partial charge in [-0.05, 0) is 11.4 Å². The SMILES string of the molecule is O=c1[nH]c(=O)n([C@@H]2O[C@H](COP(=O)(O)OP(=O)(O)OP(=O)(O)O)[C@@H](O)[C@H]2O)nc1-c1cccs1. The number of aromatic nitrogens is 3. The van der Waals surface area contributed by atoms with E-state index in [4.69, 9.17) is 19.4 Å². The van der Waals surface area contributed by atoms with Gasteiger partial charge >= 0.3 is 29.2 Å². The van der Waals surface area contributed by atoms with E-state index in [0.29, 0.717) is 9.56 Å². The molecule has 6 atom stereocenters. The van der Waals surface area contributed by atoms with Crippen LogP contribution in [0.4, 0.5) is 0 Å². The molecular formula is C12H16N3O15P3S. The summed E-state index contributed by atoms with van der Waals surface area (Å²) in [6.45, 7) is -1.09. The van der Waals surface area contributed by atoms with E-state index in [9.17, 15) is 38.4 Å². The van der Waals surface area contributed by atoms with Crippen molar-refractivity contribution in [3.63, 3.8) is 0 Å². The number of nitrogens with one attached hydrogen (secondary N) is 1. The fraction of sp³-hybridized carbons (Fsp3) is 0.417. The summed E-state index contributed by atoms with van der Waals surface area (Å²) in [5, 5.41) is 25.9. The maximum absolute atomic E-state index is 12.2. The van der Waals surface area contributed by atoms with Gasteiger partial charge in [-0.2, -0.15) is 18.4 Å². The van der Waals surface area contributed by atoms with Crippen LogP contribution < -0.4 is 11.2 Å². The number of hydrogen-bond acceptors (Lipinski definition) is 13. The molecule has 1 aliphatic rings. The molecule has 7 N–H and O–H groups in total. The lowest BCUT2D eigenvalue weighted by Crippen LogP contribution is -2.40. The Labute approximate surface area is 191 Å². The van der Waals surface area contributed by atoms with Crippen molar-refractivity contribution in [3.8, 4) is 10.6 Å². The number of H-pyrrole nitrogens is 1. The van der Waals surface area contributed by atoms with Crippen LogP contribution in [0.15, 0.2) is 27.1 Å². The lowest BCUT2D eigenvalue weighted by Gasteiger charge is -2.19. The van der Waals surface area contributed by atoms with Gasteiger partial charge < -0.3 is 34.5 Å². The second-order valence-corrected chi connectivity index (χ2v) is 11.8. The van der Waals surface area contributed by atoms with Crippen LogP contribution in [0.3, 0.4) is 0 Å². The van der Waals surface area contributed by atoms with Crippen LogP contribution in [0.2, 0.25) is 0 Å². The van der Waals surface area contributed by atoms with E-state index in [2.05, 4.69) is 18.2 Å². The summed E-state index contributed by atoms with van der Waals surface area (Å²) in [6.07, 6.45) is -7.06. The van der Waals surface area contributed by atoms with Crippen molar-refractivity contribution in [3.05, 3.63) is 38.4 Å². The molecule has 0 aliphatic carbocycles. The van der Waals surface area contributed by atoms with Gasteiger partial charge in [0.05, 0.1) is 11.5 Å². The first kappa shape index (κ1) is 27.2. The molecule has 3 heterocycles. The van der Waals surface area contributed by atoms with E-state index in [0.717, 1.165) is 11.3 Å². The van der Waals surface area contributed by atoms with Crippen molar-refractivity contribution in [2.75, 3.05) is 6.61 Å². The highest BCUT2D eigenvalue weighted by molar-refractivity contribution is 7.66. The van der Waals surface area contributed by atoms with Crippen LogP contribution in [-0.4, -0.2) is 69.5 Å². The Balaban J connectivity index is 1.75. The Hall–Kier alpha value is -1.40. The largest absolute Gasteiger partial charge is 0.490 e. The molecule has 1 aliphatic heterocycles. The fourth-order valence-corrected chi connectivity index (χ4v) is 6.43. The van der Waals surface area contributed by atoms with Crippen LogP contribution in [0, 0.1) is 0 Å². The maximum atomic E-state index is 12.2. The van der Waals surface area contributed by atoms with Gasteiger partial charge in [-0.15, -0.1) is 11.3 Å². The summed E-state index contributed by atoms with van der Waals surface area (Å²) < 4.78 is 51.0. The lowest BCUT2D eigenvalue weighted by molar-refractivity contribution is -0.0608. The highest BCUT2D eigenvalue weighted by atomic mass is 32.1. The number of aromatic amines is 1. The molecule has 1 fully saturated rings. The number of phosphoric ester groups is 1. The maximum Gasteiger partial charge on any atom is 0.490 e. The van der Waals surface area contributed by atoms with E-state index >= 15 is 0 Å². The fourth-order valence-electron chi connectivity index (χ4n) is 2.70. The molecule has 1 saturated heterocycles. The molecule has 0 spiro atoms. The van der Waals surface area contributed by atoms with Crippen LogP contribution in [-0.2, 0) is 31.6 Å². The number of aliphatic hydroxyl groups is 2. The molecule has 190 valence electrons. The van der Waals surface area contributed by atoms with Gasteiger partial charge in [0.1, 0.15) is 18.3 Å². The predicted octanol–water partition coefficient (Wildman–Crippen LogP) is -1.38. The summed E-state index contributed by atoms with van der Waals surface area (Å²) in [7, 11) is -16.9. The van der Waals surface area contributed by atoms with Crippen molar-refractivity contribution in [1.29, 1.82) is 0 Å². The molecule has 0 saturated carbocycles. The van der Waals surface area contributed by atoms with E-state index < -0.39 is 65.9 Å². The van der Waals surface area contributed by atoms with Crippen molar-refractivity contribution in [1.82, 2.24) is 14.8 Å². The van der Waals surface area contributed by atoms with Crippen LogP contribution in [0.1, 0.15) is 6.23 Å². The van der Waals surface area contributed by atoms with Crippen molar-refractivity contribution in [2.45, 2.75) is 24.5 Å². The molecule has 34 heavy (non-hydrogen) atoms. The Morgan fingerprint density at radius 1 is 1.09 bits per heavy atom. The summed E-state index contributed by atoms with van der Waals surface area (Å²) in [5.41, 5.74) is -2.15. The average molecular weight is 567 g/mol. The third-order valence-corrected chi connectivity index (χ3v) is 8.68. The third kappa shape index (κ3) is 6.63. The Bertz CT molecular complexity index is 1290. The zero-order valence-electron chi connectivity index (χ0n) is 16.3. The van der Waals surface area contributed by atoms with E-state index in [1.807, 2.05) is 4.98 Å². The summed E-state index contributed by atoms with van der Waals surface area (Å²) in [6, 6.07) is 3.14. The molecule has 22 heteroatoms. The molecule has 0 bridgehead atoms. The number of hydrogen-bond donors (Lipinski definition) is 7. The Kier molecular flexibility index (Phi) is 7.94. The number of phosphoric acid groups is 3. The second-order valence-electron chi connectivity index (χ2n) is 6.46. The molecule has 0 radical (unpaired) electrons. The van der Waals surface area contributed by atoms with Gasteiger partial charge in [0.2, 0.25) is 0 Å². The molecule has 2 unspecified atom stereocenters. The first-order chi connectivity index (χ1) is 15.6. The Morgan fingerprint density at radius 2 is 1.76 bits per heavy atom. The molecule has 0 amide bonds. The molecule has 0 aromatic carbocycles. The number of aliphatic hydroxyl groups excluding tert-OH is 2. The Morgan fingerprint density at radius 3 is 2.35 bits per heavy atom. The lowest BCUT2D eigenvalue weighted by atomic mass is 10.1. The van der Waals surface area contributed by atoms with E-state index in [1.165, 1.54) is 6.07 Å². The van der Waals surface area contributed by atoms with Crippen LogP contribution >= 0.6 is 34.8 Å². The smallest absolute Gasteiger partial charge is 0.387 e. The second kappa shape index (κ2) is 9.93. The minimum atomic E-state index is -5.77. The number of thiophene rings is 1. The molecular weight excluding hydrogens is 551 g/mol. The highest BCUT2D eigenvalue weighted by Gasteiger charge is 2.47. The van der Waals surface area contributed by atoms with Crippen molar-refractivity contribution >= 4 is 34.8 Å². The van der Waals surface area contributed by atoms with Crippen molar-refractivity contribution < 1.29 is 61.4 Å². The topological polar surface area (TPSA) is 277 Å². The summed E-state index contributed by atoms with van der Waals surface area (Å²) >= 11 is 1.12. The third-order valence-electron chi connectivity index (χ3n) is 4.00. The summed E-state index contributed by atoms with van der Waals surface area (Å²) in [4.78, 5) is 62.2. The summed E-state index contributed by atoms with van der Waals surface area (Å²) in [5.74, 6) is 0. The molecule has 2 aromatic rings. The van der Waals surface area contributed by atoms with Gasteiger partial charge in [0, 0.05) is 0 Å². The zero-order chi connectivity index (χ0) is 25.5. The highest BCUT2D eigenvalue weighted by Crippen LogP contribution is 2.66. The molecule has 18 nitrogen and oxygen atoms in total. The van der Waals surface area contributed by atoms with Gasteiger partial charge in [0.25, 0.3) is 5.56 Å². The molecule has 3 rings (SSSR count). The van der Waals surface area contributed by atoms with E-state index in [-0.39, 0.29) is 5.69 Å². The van der Waals surface area contributed by atoms with Gasteiger partial charge in [-0.3, -0.25) is 14.3 Å².